The van der Waals surface area contributed by atoms with E-state index < -0.39 is 10.0 Å². The molecule has 0 aliphatic carbocycles. The maximum Gasteiger partial charge on any atom is 0.262 e. The highest BCUT2D eigenvalue weighted by molar-refractivity contribution is 7.92. The molecular formula is C21H17ClN2O3S2. The van der Waals surface area contributed by atoms with Crippen LogP contribution in [0.15, 0.2) is 65.6 Å². The number of nitrogens with one attached hydrogen (secondary N) is 1. The molecule has 1 heterocycles. The average Bonchev–Trinajstić information content (AvgIpc) is 3.10. The van der Waals surface area contributed by atoms with Gasteiger partial charge in [0.1, 0.15) is 10.8 Å². The van der Waals surface area contributed by atoms with E-state index >= 15 is 0 Å². The molecule has 3 aromatic carbocycles. The van der Waals surface area contributed by atoms with E-state index in [4.69, 9.17) is 16.3 Å². The van der Waals surface area contributed by atoms with Crippen LogP contribution < -0.4 is 9.46 Å². The monoisotopic (exact) mass is 444 g/mol. The van der Waals surface area contributed by atoms with Crippen molar-refractivity contribution in [2.75, 3.05) is 11.8 Å². The molecule has 0 saturated heterocycles. The van der Waals surface area contributed by atoms with Crippen LogP contribution in [-0.4, -0.2) is 20.5 Å². The highest BCUT2D eigenvalue weighted by Crippen LogP contribution is 2.36. The maximum atomic E-state index is 12.7. The molecule has 8 heteroatoms. The standard InChI is InChI=1S/C21H17ClN2O3S2/c1-13-6-9-19-20(10-13)28-21(23-19)17-8-7-14(11-18(17)22)24-29(25,26)16-5-3-4-15(12-16)27-2/h3-12,24H,1-2H3. The highest BCUT2D eigenvalue weighted by Gasteiger charge is 2.17. The highest BCUT2D eigenvalue weighted by atomic mass is 35.5. The van der Waals surface area contributed by atoms with Gasteiger partial charge in [0.25, 0.3) is 10.0 Å². The Labute approximate surface area is 178 Å². The number of benzene rings is 3. The van der Waals surface area contributed by atoms with Crippen molar-refractivity contribution in [2.24, 2.45) is 0 Å². The van der Waals surface area contributed by atoms with Crippen LogP contribution in [0.3, 0.4) is 0 Å². The number of rotatable bonds is 5. The summed E-state index contributed by atoms with van der Waals surface area (Å²) in [7, 11) is -2.28. The van der Waals surface area contributed by atoms with Crippen molar-refractivity contribution >= 4 is 48.9 Å². The lowest BCUT2D eigenvalue weighted by Gasteiger charge is -2.10. The van der Waals surface area contributed by atoms with E-state index in [1.54, 1.807) is 41.7 Å². The van der Waals surface area contributed by atoms with Gasteiger partial charge in [0.15, 0.2) is 0 Å². The van der Waals surface area contributed by atoms with E-state index in [1.165, 1.54) is 24.8 Å². The fraction of sp³-hybridized carbons (Fsp3) is 0.0952. The number of methoxy groups -OCH3 is 1. The summed E-state index contributed by atoms with van der Waals surface area (Å²) in [6.07, 6.45) is 0. The van der Waals surface area contributed by atoms with Gasteiger partial charge in [-0.2, -0.15) is 0 Å². The third kappa shape index (κ3) is 4.07. The summed E-state index contributed by atoms with van der Waals surface area (Å²) in [6.45, 7) is 2.04. The summed E-state index contributed by atoms with van der Waals surface area (Å²) >= 11 is 8.01. The van der Waals surface area contributed by atoms with Gasteiger partial charge in [-0.3, -0.25) is 4.72 Å². The molecule has 4 rings (SSSR count). The largest absolute Gasteiger partial charge is 0.497 e. The SMILES string of the molecule is COc1cccc(S(=O)(=O)Nc2ccc(-c3nc4ccc(C)cc4s3)c(Cl)c2)c1. The molecule has 0 radical (unpaired) electrons. The van der Waals surface area contributed by atoms with Crippen molar-refractivity contribution in [3.05, 3.63) is 71.2 Å². The predicted molar refractivity (Wildman–Crippen MR) is 119 cm³/mol. The molecule has 1 aromatic heterocycles. The number of anilines is 1. The molecule has 0 spiro atoms. The number of aryl methyl sites for hydroxylation is 1. The molecule has 0 saturated carbocycles. The van der Waals surface area contributed by atoms with E-state index in [9.17, 15) is 8.42 Å². The zero-order chi connectivity index (χ0) is 20.6. The van der Waals surface area contributed by atoms with Gasteiger partial charge in [-0.05, 0) is 55.0 Å². The van der Waals surface area contributed by atoms with Gasteiger partial charge in [0, 0.05) is 11.6 Å². The Morgan fingerprint density at radius 2 is 1.90 bits per heavy atom. The van der Waals surface area contributed by atoms with Crippen LogP contribution in [0, 0.1) is 6.92 Å². The van der Waals surface area contributed by atoms with E-state index in [-0.39, 0.29) is 4.90 Å². The summed E-state index contributed by atoms with van der Waals surface area (Å²) in [5.41, 5.74) is 3.21. The zero-order valence-electron chi connectivity index (χ0n) is 15.6. The van der Waals surface area contributed by atoms with Crippen molar-refractivity contribution in [1.82, 2.24) is 4.98 Å². The first kappa shape index (κ1) is 19.7. The Balaban J connectivity index is 1.64. The lowest BCUT2D eigenvalue weighted by atomic mass is 10.2. The minimum absolute atomic E-state index is 0.110. The molecule has 0 amide bonds. The van der Waals surface area contributed by atoms with Crippen LogP contribution in [0.1, 0.15) is 5.56 Å². The second kappa shape index (κ2) is 7.67. The Morgan fingerprint density at radius 3 is 2.66 bits per heavy atom. The van der Waals surface area contributed by atoms with Gasteiger partial charge >= 0.3 is 0 Å². The van der Waals surface area contributed by atoms with Gasteiger partial charge in [-0.25, -0.2) is 13.4 Å². The fourth-order valence-electron chi connectivity index (χ4n) is 2.88. The Bertz CT molecular complexity index is 1320. The third-order valence-corrected chi connectivity index (χ3v) is 7.09. The lowest BCUT2D eigenvalue weighted by Crippen LogP contribution is -2.13. The molecule has 0 atom stereocenters. The molecule has 0 unspecified atom stereocenters. The third-order valence-electron chi connectivity index (χ3n) is 4.35. The van der Waals surface area contributed by atoms with Crippen molar-refractivity contribution in [2.45, 2.75) is 11.8 Å². The number of thiazole rings is 1. The first-order chi connectivity index (χ1) is 13.9. The molecule has 1 N–H and O–H groups in total. The summed E-state index contributed by atoms with van der Waals surface area (Å²) in [4.78, 5) is 4.75. The molecule has 5 nitrogen and oxygen atoms in total. The van der Waals surface area contributed by atoms with E-state index in [0.717, 1.165) is 20.8 Å². The van der Waals surface area contributed by atoms with Crippen LogP contribution in [0.4, 0.5) is 5.69 Å². The summed E-state index contributed by atoms with van der Waals surface area (Å²) < 4.78 is 34.1. The molecule has 0 aliphatic heterocycles. The van der Waals surface area contributed by atoms with Gasteiger partial charge in [-0.15, -0.1) is 11.3 Å². The quantitative estimate of drug-likeness (QED) is 0.426. The van der Waals surface area contributed by atoms with Gasteiger partial charge in [0.2, 0.25) is 0 Å². The number of halogens is 1. The molecular weight excluding hydrogens is 428 g/mol. The average molecular weight is 445 g/mol. The van der Waals surface area contributed by atoms with Gasteiger partial charge in [-0.1, -0.05) is 23.7 Å². The van der Waals surface area contributed by atoms with Gasteiger partial charge < -0.3 is 4.74 Å². The molecule has 0 aliphatic rings. The van der Waals surface area contributed by atoms with Crippen molar-refractivity contribution in [3.8, 4) is 16.3 Å². The summed E-state index contributed by atoms with van der Waals surface area (Å²) in [5.74, 6) is 0.465. The van der Waals surface area contributed by atoms with Crippen molar-refractivity contribution in [1.29, 1.82) is 0 Å². The molecule has 4 aromatic rings. The van der Waals surface area contributed by atoms with Crippen LogP contribution in [0.5, 0.6) is 5.75 Å². The lowest BCUT2D eigenvalue weighted by molar-refractivity contribution is 0.413. The van der Waals surface area contributed by atoms with Crippen LogP contribution in [0.2, 0.25) is 5.02 Å². The fourth-order valence-corrected chi connectivity index (χ4v) is 5.40. The molecule has 148 valence electrons. The number of ether oxygens (including phenoxy) is 1. The summed E-state index contributed by atoms with van der Waals surface area (Å²) in [5, 5.41) is 1.21. The van der Waals surface area contributed by atoms with Crippen LogP contribution in [-0.2, 0) is 10.0 Å². The number of fused-ring (bicyclic) bond motifs is 1. The number of nitrogens with zero attached hydrogens (tertiary/aromatic N) is 1. The predicted octanol–water partition coefficient (Wildman–Crippen LogP) is 5.73. The zero-order valence-corrected chi connectivity index (χ0v) is 18.0. The number of aromatic nitrogens is 1. The Kier molecular flexibility index (Phi) is 5.21. The number of hydrogen-bond donors (Lipinski definition) is 1. The molecule has 0 fully saturated rings. The minimum Gasteiger partial charge on any atom is -0.497 e. The van der Waals surface area contributed by atoms with E-state index in [2.05, 4.69) is 15.8 Å². The van der Waals surface area contributed by atoms with Crippen molar-refractivity contribution < 1.29 is 13.2 Å². The number of hydrogen-bond acceptors (Lipinski definition) is 5. The van der Waals surface area contributed by atoms with E-state index in [1.807, 2.05) is 19.1 Å². The molecule has 29 heavy (non-hydrogen) atoms. The smallest absolute Gasteiger partial charge is 0.262 e. The Hall–Kier alpha value is -2.61. The first-order valence-electron chi connectivity index (χ1n) is 8.70. The second-order valence-corrected chi connectivity index (χ2v) is 9.59. The maximum absolute atomic E-state index is 12.7. The number of sulfonamides is 1. The van der Waals surface area contributed by atoms with E-state index in [0.29, 0.717) is 16.5 Å². The topological polar surface area (TPSA) is 68.3 Å². The Morgan fingerprint density at radius 1 is 1.07 bits per heavy atom. The minimum atomic E-state index is -3.77. The van der Waals surface area contributed by atoms with Crippen LogP contribution >= 0.6 is 22.9 Å². The van der Waals surface area contributed by atoms with Crippen molar-refractivity contribution in [3.63, 3.8) is 0 Å². The van der Waals surface area contributed by atoms with Gasteiger partial charge in [0.05, 0.1) is 32.9 Å². The van der Waals surface area contributed by atoms with Crippen LogP contribution in [0.25, 0.3) is 20.8 Å². The first-order valence-corrected chi connectivity index (χ1v) is 11.4. The second-order valence-electron chi connectivity index (χ2n) is 6.47. The summed E-state index contributed by atoms with van der Waals surface area (Å²) in [6, 6.07) is 17.4. The molecule has 0 bridgehead atoms. The normalized spacial score (nSPS) is 11.6.